The van der Waals surface area contributed by atoms with E-state index in [9.17, 15) is 23.5 Å². The molecule has 1 amide bonds. The fourth-order valence-corrected chi connectivity index (χ4v) is 5.93. The number of fused-ring (bicyclic) bond motifs is 1. The van der Waals surface area contributed by atoms with Gasteiger partial charge >= 0.3 is 12.1 Å². The lowest BCUT2D eigenvalue weighted by molar-refractivity contribution is -0.152. The van der Waals surface area contributed by atoms with E-state index in [2.05, 4.69) is 0 Å². The van der Waals surface area contributed by atoms with Crippen molar-refractivity contribution in [3.05, 3.63) is 53.7 Å². The first kappa shape index (κ1) is 39.0. The van der Waals surface area contributed by atoms with Gasteiger partial charge in [0, 0.05) is 42.1 Å². The Morgan fingerprint density at radius 1 is 1.10 bits per heavy atom. The number of aliphatic hydroxyl groups is 1. The van der Waals surface area contributed by atoms with Crippen LogP contribution in [0.5, 0.6) is 5.75 Å². The number of aromatic nitrogens is 2. The first-order valence-electron chi connectivity index (χ1n) is 16.6. The first-order valence-corrected chi connectivity index (χ1v) is 17.7. The summed E-state index contributed by atoms with van der Waals surface area (Å²) in [6.07, 6.45) is 0.827. The molecule has 0 spiro atoms. The van der Waals surface area contributed by atoms with Crippen LogP contribution in [0, 0.1) is 0 Å². The van der Waals surface area contributed by atoms with Crippen LogP contribution >= 0.6 is 0 Å². The van der Waals surface area contributed by atoms with Crippen molar-refractivity contribution in [3.8, 4) is 5.75 Å². The average Bonchev–Trinajstić information content (AvgIpc) is 3.39. The molecule has 1 aromatic heterocycles. The molecular weight excluding hydrogens is 668 g/mol. The van der Waals surface area contributed by atoms with Gasteiger partial charge in [-0.15, -0.1) is 0 Å². The second-order valence-corrected chi connectivity index (χ2v) is 14.9. The van der Waals surface area contributed by atoms with Gasteiger partial charge in [-0.2, -0.15) is 5.10 Å². The number of anilines is 1. The highest BCUT2D eigenvalue weighted by molar-refractivity contribution is 7.80. The number of benzene rings is 2. The molecule has 3 aromatic rings. The number of nitrogens with zero attached hydrogens (tertiary/aromatic N) is 4. The Morgan fingerprint density at radius 2 is 1.84 bits per heavy atom. The van der Waals surface area contributed by atoms with Crippen molar-refractivity contribution in [2.45, 2.75) is 90.9 Å². The Kier molecular flexibility index (Phi) is 13.2. The molecule has 1 aliphatic heterocycles. The van der Waals surface area contributed by atoms with Crippen LogP contribution in [0.4, 0.5) is 10.5 Å². The van der Waals surface area contributed by atoms with Crippen LogP contribution in [0.1, 0.15) is 84.4 Å². The SMILES string of the molecule is COCc1nn([C@H]2CCCCO2)c2cc(OCCN(CC(O)c3cccc(N(CC(=O)OC(C)(C)C)S(=O)[O-])c3)C(=O)OC(C)(C)C)ccc12. The predicted molar refractivity (Wildman–Crippen MR) is 186 cm³/mol. The van der Waals surface area contributed by atoms with Gasteiger partial charge in [-0.05, 0) is 90.6 Å². The van der Waals surface area contributed by atoms with Gasteiger partial charge in [0.1, 0.15) is 30.1 Å². The molecule has 50 heavy (non-hydrogen) atoms. The van der Waals surface area contributed by atoms with E-state index in [-0.39, 0.29) is 31.6 Å². The highest BCUT2D eigenvalue weighted by Crippen LogP contribution is 2.31. The Hall–Kier alpha value is -3.76. The number of carbonyl (C=O) groups is 2. The minimum atomic E-state index is -2.81. The molecular formula is C35H49N4O10S-. The fraction of sp³-hybridized carbons (Fsp3) is 0.571. The van der Waals surface area contributed by atoms with E-state index < -0.39 is 47.2 Å². The molecule has 1 aliphatic rings. The third-order valence-electron chi connectivity index (χ3n) is 7.56. The molecule has 0 radical (unpaired) electrons. The van der Waals surface area contributed by atoms with Crippen LogP contribution in [0.2, 0.25) is 0 Å². The molecule has 15 heteroatoms. The molecule has 0 aliphatic carbocycles. The maximum atomic E-state index is 13.3. The predicted octanol–water partition coefficient (Wildman–Crippen LogP) is 5.17. The molecule has 0 bridgehead atoms. The Morgan fingerprint density at radius 3 is 2.48 bits per heavy atom. The summed E-state index contributed by atoms with van der Waals surface area (Å²) in [5.41, 5.74) is 0.521. The highest BCUT2D eigenvalue weighted by atomic mass is 32.2. The molecule has 1 saturated heterocycles. The van der Waals surface area contributed by atoms with Crippen LogP contribution in [-0.2, 0) is 41.6 Å². The maximum Gasteiger partial charge on any atom is 0.410 e. The fourth-order valence-electron chi connectivity index (χ4n) is 5.43. The van der Waals surface area contributed by atoms with E-state index in [1.54, 1.807) is 60.8 Å². The summed E-state index contributed by atoms with van der Waals surface area (Å²) in [6, 6.07) is 11.7. The van der Waals surface area contributed by atoms with E-state index in [4.69, 9.17) is 28.8 Å². The zero-order valence-corrected chi connectivity index (χ0v) is 30.7. The number of amides is 1. The molecule has 2 aromatic carbocycles. The van der Waals surface area contributed by atoms with Crippen LogP contribution in [0.25, 0.3) is 10.9 Å². The van der Waals surface area contributed by atoms with E-state index in [1.165, 1.54) is 17.0 Å². The van der Waals surface area contributed by atoms with Crippen molar-refractivity contribution in [1.29, 1.82) is 0 Å². The molecule has 276 valence electrons. The number of hydrogen-bond acceptors (Lipinski definition) is 11. The number of aliphatic hydroxyl groups excluding tert-OH is 1. The van der Waals surface area contributed by atoms with E-state index in [1.807, 2.05) is 22.9 Å². The zero-order valence-electron chi connectivity index (χ0n) is 29.9. The van der Waals surface area contributed by atoms with E-state index >= 15 is 0 Å². The monoisotopic (exact) mass is 717 g/mol. The Balaban J connectivity index is 1.50. The molecule has 4 rings (SSSR count). The van der Waals surface area contributed by atoms with Crippen molar-refractivity contribution in [2.75, 3.05) is 44.3 Å². The smallest absolute Gasteiger partial charge is 0.410 e. The lowest BCUT2D eigenvalue weighted by atomic mass is 10.1. The molecule has 0 saturated carbocycles. The van der Waals surface area contributed by atoms with Crippen molar-refractivity contribution >= 4 is 39.9 Å². The Bertz CT molecular complexity index is 1630. The summed E-state index contributed by atoms with van der Waals surface area (Å²) in [4.78, 5) is 27.0. The maximum absolute atomic E-state index is 13.3. The number of methoxy groups -OCH3 is 1. The summed E-state index contributed by atoms with van der Waals surface area (Å²) >= 11 is -2.81. The van der Waals surface area contributed by atoms with Crippen molar-refractivity contribution in [1.82, 2.24) is 14.7 Å². The van der Waals surface area contributed by atoms with Gasteiger partial charge in [0.2, 0.25) is 0 Å². The second kappa shape index (κ2) is 17.0. The minimum Gasteiger partial charge on any atom is -0.755 e. The van der Waals surface area contributed by atoms with Crippen LogP contribution in [-0.4, -0.2) is 91.8 Å². The van der Waals surface area contributed by atoms with Crippen LogP contribution in [0.3, 0.4) is 0 Å². The van der Waals surface area contributed by atoms with Gasteiger partial charge in [-0.1, -0.05) is 12.1 Å². The summed E-state index contributed by atoms with van der Waals surface area (Å²) in [6.45, 7) is 10.7. The molecule has 1 fully saturated rings. The molecule has 1 N–H and O–H groups in total. The van der Waals surface area contributed by atoms with Gasteiger partial charge in [-0.3, -0.25) is 13.3 Å². The number of rotatable bonds is 14. The lowest BCUT2D eigenvalue weighted by Crippen LogP contribution is -2.41. The molecule has 2 unspecified atom stereocenters. The van der Waals surface area contributed by atoms with Crippen LogP contribution < -0.4 is 9.04 Å². The number of ether oxygens (including phenoxy) is 5. The highest BCUT2D eigenvalue weighted by Gasteiger charge is 2.27. The van der Waals surface area contributed by atoms with Gasteiger partial charge in [0.15, 0.2) is 6.23 Å². The van der Waals surface area contributed by atoms with Crippen molar-refractivity contribution in [2.24, 2.45) is 0 Å². The minimum absolute atomic E-state index is 0.0684. The molecule has 2 heterocycles. The second-order valence-electron chi connectivity index (χ2n) is 14.1. The summed E-state index contributed by atoms with van der Waals surface area (Å²) in [5.74, 6) is -0.170. The normalized spacial score (nSPS) is 16.5. The van der Waals surface area contributed by atoms with Gasteiger partial charge in [0.05, 0.1) is 37.0 Å². The van der Waals surface area contributed by atoms with E-state index in [0.717, 1.165) is 40.2 Å². The standard InChI is InChI=1S/C35H50N4O10S/c1-34(2,3)48-32(41)22-38(50(43)44)25-12-10-11-24(19-25)30(40)21-37(33(42)49-35(4,5)6)16-18-46-26-14-15-27-28(23-45-7)36-39(29(27)20-26)31-13-8-9-17-47-31/h10-12,14-15,19-20,30-31,40H,8-9,13,16-18,21-23H2,1-7H3,(H,43,44)/p-1/t30?,31-/m1/s1. The lowest BCUT2D eigenvalue weighted by Gasteiger charge is -2.30. The first-order chi connectivity index (χ1) is 23.5. The average molecular weight is 718 g/mol. The quantitative estimate of drug-likeness (QED) is 0.173. The van der Waals surface area contributed by atoms with Gasteiger partial charge in [0.25, 0.3) is 0 Å². The molecule has 3 atom stereocenters. The Labute approximate surface area is 296 Å². The third-order valence-corrected chi connectivity index (χ3v) is 8.26. The zero-order chi connectivity index (χ0) is 36.6. The van der Waals surface area contributed by atoms with Crippen LogP contribution in [0.15, 0.2) is 42.5 Å². The number of esters is 1. The number of hydrogen-bond donors (Lipinski definition) is 1. The third kappa shape index (κ3) is 11.1. The summed E-state index contributed by atoms with van der Waals surface area (Å²) < 4.78 is 55.3. The van der Waals surface area contributed by atoms with Crippen molar-refractivity contribution in [3.63, 3.8) is 0 Å². The topological polar surface area (TPSA) is 165 Å². The van der Waals surface area contributed by atoms with E-state index in [0.29, 0.717) is 24.5 Å². The molecule has 14 nitrogen and oxygen atoms in total. The van der Waals surface area contributed by atoms with Gasteiger partial charge < -0.3 is 38.2 Å². The number of carbonyl (C=O) groups excluding carboxylic acids is 2. The van der Waals surface area contributed by atoms with Crippen molar-refractivity contribution < 1.29 is 47.1 Å². The summed E-state index contributed by atoms with van der Waals surface area (Å²) in [5, 5.41) is 17.0. The largest absolute Gasteiger partial charge is 0.755 e. The summed E-state index contributed by atoms with van der Waals surface area (Å²) in [7, 11) is 1.62. The van der Waals surface area contributed by atoms with Gasteiger partial charge in [-0.25, -0.2) is 9.48 Å².